The summed E-state index contributed by atoms with van der Waals surface area (Å²) in [5, 5.41) is 0.610. The van der Waals surface area contributed by atoms with Crippen LogP contribution in [0.25, 0.3) is 10.9 Å². The molecule has 1 heterocycles. The lowest BCUT2D eigenvalue weighted by molar-refractivity contribution is 0.408. The summed E-state index contributed by atoms with van der Waals surface area (Å²) in [6, 6.07) is 3.52. The first-order chi connectivity index (χ1) is 6.24. The van der Waals surface area contributed by atoms with Crippen LogP contribution in [0.15, 0.2) is 18.3 Å². The summed E-state index contributed by atoms with van der Waals surface area (Å²) in [6.07, 6.45) is 1.71. The summed E-state index contributed by atoms with van der Waals surface area (Å²) in [6.45, 7) is 1.71. The molecule has 0 bridgehead atoms. The second-order valence-electron chi connectivity index (χ2n) is 2.96. The Hall–Kier alpha value is -1.51. The maximum atomic E-state index is 13.6. The van der Waals surface area contributed by atoms with Gasteiger partial charge in [-0.2, -0.15) is 0 Å². The fourth-order valence-corrected chi connectivity index (χ4v) is 1.45. The highest BCUT2D eigenvalue weighted by molar-refractivity contribution is 5.82. The minimum Gasteiger partial charge on any atom is -0.496 e. The number of benzene rings is 1. The summed E-state index contributed by atoms with van der Waals surface area (Å²) >= 11 is 0. The van der Waals surface area contributed by atoms with Crippen LogP contribution in [-0.4, -0.2) is 12.1 Å². The summed E-state index contributed by atoms with van der Waals surface area (Å²) in [4.78, 5) is 2.94. The number of nitrogens with one attached hydrogen (secondary N) is 1. The molecule has 3 heteroatoms. The molecule has 2 aromatic rings. The molecule has 1 aromatic heterocycles. The topological polar surface area (TPSA) is 25.0 Å². The van der Waals surface area contributed by atoms with Crippen molar-refractivity contribution in [2.24, 2.45) is 0 Å². The molecule has 0 saturated heterocycles. The van der Waals surface area contributed by atoms with Crippen molar-refractivity contribution in [2.45, 2.75) is 6.92 Å². The van der Waals surface area contributed by atoms with Crippen LogP contribution in [0.2, 0.25) is 0 Å². The van der Waals surface area contributed by atoms with Gasteiger partial charge in [-0.05, 0) is 13.0 Å². The van der Waals surface area contributed by atoms with Crippen LogP contribution in [0.5, 0.6) is 5.75 Å². The van der Waals surface area contributed by atoms with Crippen molar-refractivity contribution in [1.82, 2.24) is 4.98 Å². The summed E-state index contributed by atoms with van der Waals surface area (Å²) in [5.41, 5.74) is 1.31. The Morgan fingerprint density at radius 2 is 2.23 bits per heavy atom. The van der Waals surface area contributed by atoms with Gasteiger partial charge in [-0.15, -0.1) is 0 Å². The largest absolute Gasteiger partial charge is 0.496 e. The molecule has 0 radical (unpaired) electrons. The number of halogens is 1. The van der Waals surface area contributed by atoms with Gasteiger partial charge in [-0.3, -0.25) is 0 Å². The molecule has 0 aliphatic carbocycles. The van der Waals surface area contributed by atoms with Crippen LogP contribution in [0.3, 0.4) is 0 Å². The van der Waals surface area contributed by atoms with Crippen molar-refractivity contribution in [1.29, 1.82) is 0 Å². The third-order valence-corrected chi connectivity index (χ3v) is 2.21. The van der Waals surface area contributed by atoms with Crippen LogP contribution < -0.4 is 4.74 Å². The second kappa shape index (κ2) is 2.76. The molecule has 0 amide bonds. The molecule has 1 N–H and O–H groups in total. The second-order valence-corrected chi connectivity index (χ2v) is 2.96. The molecule has 0 spiro atoms. The maximum absolute atomic E-state index is 13.6. The van der Waals surface area contributed by atoms with Crippen LogP contribution in [0.4, 0.5) is 4.39 Å². The molecule has 2 nitrogen and oxygen atoms in total. The predicted molar refractivity (Wildman–Crippen MR) is 49.5 cm³/mol. The SMILES string of the molecule is COc1cc2[nH]ccc2c(F)c1C. The van der Waals surface area contributed by atoms with E-state index in [0.29, 0.717) is 16.7 Å². The van der Waals surface area contributed by atoms with Crippen molar-refractivity contribution in [3.63, 3.8) is 0 Å². The van der Waals surface area contributed by atoms with Gasteiger partial charge in [0, 0.05) is 23.2 Å². The first-order valence-electron chi connectivity index (χ1n) is 4.04. The van der Waals surface area contributed by atoms with Gasteiger partial charge in [-0.1, -0.05) is 0 Å². The summed E-state index contributed by atoms with van der Waals surface area (Å²) in [7, 11) is 1.54. The quantitative estimate of drug-likeness (QED) is 0.715. The van der Waals surface area contributed by atoms with Crippen molar-refractivity contribution in [2.75, 3.05) is 7.11 Å². The Kier molecular flexibility index (Phi) is 1.72. The van der Waals surface area contributed by atoms with Gasteiger partial charge >= 0.3 is 0 Å². The summed E-state index contributed by atoms with van der Waals surface area (Å²) < 4.78 is 18.6. The van der Waals surface area contributed by atoms with E-state index in [4.69, 9.17) is 4.74 Å². The summed E-state index contributed by atoms with van der Waals surface area (Å²) in [5.74, 6) is 0.364. The average Bonchev–Trinajstić information content (AvgIpc) is 2.59. The Labute approximate surface area is 75.3 Å². The van der Waals surface area contributed by atoms with Crippen LogP contribution in [-0.2, 0) is 0 Å². The Morgan fingerprint density at radius 3 is 2.92 bits per heavy atom. The number of aromatic amines is 1. The predicted octanol–water partition coefficient (Wildman–Crippen LogP) is 2.62. The van der Waals surface area contributed by atoms with Crippen molar-refractivity contribution in [3.8, 4) is 5.75 Å². The Balaban J connectivity index is 2.83. The number of H-pyrrole nitrogens is 1. The van der Waals surface area contributed by atoms with Crippen LogP contribution >= 0.6 is 0 Å². The first-order valence-corrected chi connectivity index (χ1v) is 4.04. The van der Waals surface area contributed by atoms with E-state index >= 15 is 0 Å². The molecule has 2 rings (SSSR count). The highest BCUT2D eigenvalue weighted by atomic mass is 19.1. The van der Waals surface area contributed by atoms with E-state index in [1.807, 2.05) is 0 Å². The molecule has 1 aromatic carbocycles. The van der Waals surface area contributed by atoms with E-state index < -0.39 is 0 Å². The maximum Gasteiger partial charge on any atom is 0.139 e. The fourth-order valence-electron chi connectivity index (χ4n) is 1.45. The van der Waals surface area contributed by atoms with E-state index in [1.165, 1.54) is 7.11 Å². The van der Waals surface area contributed by atoms with E-state index in [-0.39, 0.29) is 5.82 Å². The van der Waals surface area contributed by atoms with Crippen LogP contribution in [0.1, 0.15) is 5.56 Å². The third kappa shape index (κ3) is 1.08. The van der Waals surface area contributed by atoms with Gasteiger partial charge in [0.25, 0.3) is 0 Å². The van der Waals surface area contributed by atoms with Gasteiger partial charge in [0.2, 0.25) is 0 Å². The zero-order valence-corrected chi connectivity index (χ0v) is 7.52. The minimum atomic E-state index is -0.212. The molecule has 0 saturated carbocycles. The normalized spacial score (nSPS) is 10.7. The van der Waals surface area contributed by atoms with Gasteiger partial charge in [0.15, 0.2) is 0 Å². The first kappa shape index (κ1) is 8.10. The van der Waals surface area contributed by atoms with E-state index in [9.17, 15) is 4.39 Å². The monoisotopic (exact) mass is 179 g/mol. The lowest BCUT2D eigenvalue weighted by atomic mass is 10.1. The highest BCUT2D eigenvalue weighted by Gasteiger charge is 2.10. The smallest absolute Gasteiger partial charge is 0.139 e. The lowest BCUT2D eigenvalue weighted by Crippen LogP contribution is -1.91. The molecular weight excluding hydrogens is 169 g/mol. The highest BCUT2D eigenvalue weighted by Crippen LogP contribution is 2.27. The third-order valence-electron chi connectivity index (χ3n) is 2.21. The van der Waals surface area contributed by atoms with E-state index in [0.717, 1.165) is 5.52 Å². The number of rotatable bonds is 1. The van der Waals surface area contributed by atoms with Crippen molar-refractivity contribution < 1.29 is 9.13 Å². The standard InChI is InChI=1S/C10H10FNO/c1-6-9(13-2)5-8-7(10(6)11)3-4-12-8/h3-5,12H,1-2H3. The van der Waals surface area contributed by atoms with E-state index in [2.05, 4.69) is 4.98 Å². The molecule has 0 aliphatic rings. The molecule has 13 heavy (non-hydrogen) atoms. The van der Waals surface area contributed by atoms with Crippen molar-refractivity contribution >= 4 is 10.9 Å². The Morgan fingerprint density at radius 1 is 1.46 bits per heavy atom. The lowest BCUT2D eigenvalue weighted by Gasteiger charge is -2.05. The minimum absolute atomic E-state index is 0.212. The zero-order chi connectivity index (χ0) is 9.42. The van der Waals surface area contributed by atoms with Gasteiger partial charge in [0.05, 0.1) is 12.6 Å². The van der Waals surface area contributed by atoms with Crippen molar-refractivity contribution in [3.05, 3.63) is 29.7 Å². The van der Waals surface area contributed by atoms with E-state index in [1.54, 1.807) is 25.3 Å². The van der Waals surface area contributed by atoms with Crippen LogP contribution in [0, 0.1) is 12.7 Å². The molecular formula is C10H10FNO. The van der Waals surface area contributed by atoms with Gasteiger partial charge < -0.3 is 9.72 Å². The number of methoxy groups -OCH3 is 1. The van der Waals surface area contributed by atoms with Gasteiger partial charge in [0.1, 0.15) is 11.6 Å². The number of ether oxygens (including phenoxy) is 1. The number of hydrogen-bond acceptors (Lipinski definition) is 1. The molecule has 0 aliphatic heterocycles. The fraction of sp³-hybridized carbons (Fsp3) is 0.200. The number of hydrogen-bond donors (Lipinski definition) is 1. The molecule has 0 unspecified atom stereocenters. The van der Waals surface area contributed by atoms with Gasteiger partial charge in [-0.25, -0.2) is 4.39 Å². The zero-order valence-electron chi connectivity index (χ0n) is 7.52. The molecule has 0 fully saturated rings. The molecule has 0 atom stereocenters. The average molecular weight is 179 g/mol. The Bertz CT molecular complexity index is 447. The number of aromatic nitrogens is 1. The molecule has 68 valence electrons. The number of fused-ring (bicyclic) bond motifs is 1.